The zero-order chi connectivity index (χ0) is 21.0. The first kappa shape index (κ1) is 21.1. The summed E-state index contributed by atoms with van der Waals surface area (Å²) in [6.45, 7) is 12.2. The second kappa shape index (κ2) is 8.83. The topological polar surface area (TPSA) is 36.3 Å². The second-order valence-electron chi connectivity index (χ2n) is 8.15. The van der Waals surface area contributed by atoms with Gasteiger partial charge in [0.2, 0.25) is 0 Å². The predicted molar refractivity (Wildman–Crippen MR) is 119 cm³/mol. The number of hydrogen-bond donors (Lipinski definition) is 0. The van der Waals surface area contributed by atoms with Crippen molar-refractivity contribution in [1.29, 1.82) is 0 Å². The Morgan fingerprint density at radius 2 is 1.72 bits per heavy atom. The van der Waals surface area contributed by atoms with Gasteiger partial charge in [-0.1, -0.05) is 45.0 Å². The van der Waals surface area contributed by atoms with Crippen molar-refractivity contribution >= 4 is 0 Å². The van der Waals surface area contributed by atoms with Crippen LogP contribution in [0.25, 0.3) is 17.1 Å². The van der Waals surface area contributed by atoms with Crippen LogP contribution in [0.2, 0.25) is 0 Å². The highest BCUT2D eigenvalue weighted by Gasteiger charge is 2.24. The SMILES string of the molecule is CCC(C)(C)c1ccccc1-c1nccn1-c1c(C)cc(OCCOC)cc1C. The molecule has 0 atom stereocenters. The Kier molecular flexibility index (Phi) is 6.43. The van der Waals surface area contributed by atoms with Gasteiger partial charge in [-0.3, -0.25) is 4.57 Å². The summed E-state index contributed by atoms with van der Waals surface area (Å²) in [7, 11) is 1.68. The van der Waals surface area contributed by atoms with E-state index in [1.54, 1.807) is 7.11 Å². The number of rotatable bonds is 8. The van der Waals surface area contributed by atoms with Crippen LogP contribution in [0.15, 0.2) is 48.8 Å². The summed E-state index contributed by atoms with van der Waals surface area (Å²) in [6, 6.07) is 12.8. The van der Waals surface area contributed by atoms with Gasteiger partial charge in [-0.15, -0.1) is 0 Å². The van der Waals surface area contributed by atoms with Crippen molar-refractivity contribution in [1.82, 2.24) is 9.55 Å². The summed E-state index contributed by atoms with van der Waals surface area (Å²) in [5, 5.41) is 0. The van der Waals surface area contributed by atoms with Crippen LogP contribution in [0.3, 0.4) is 0 Å². The maximum absolute atomic E-state index is 5.82. The van der Waals surface area contributed by atoms with E-state index in [1.165, 1.54) is 11.1 Å². The highest BCUT2D eigenvalue weighted by Crippen LogP contribution is 2.36. The van der Waals surface area contributed by atoms with Gasteiger partial charge in [0, 0.05) is 25.1 Å². The van der Waals surface area contributed by atoms with Crippen LogP contribution in [0.5, 0.6) is 5.75 Å². The normalized spacial score (nSPS) is 11.7. The molecule has 0 saturated heterocycles. The first-order valence-corrected chi connectivity index (χ1v) is 10.3. The lowest BCUT2D eigenvalue weighted by molar-refractivity contribution is 0.146. The molecule has 0 aliphatic carbocycles. The molecule has 29 heavy (non-hydrogen) atoms. The zero-order valence-corrected chi connectivity index (χ0v) is 18.5. The number of imidazole rings is 1. The standard InChI is InChI=1S/C25H32N2O2/c1-7-25(4,5)22-11-9-8-10-21(22)24-26-12-13-27(24)23-18(2)16-20(17-19(23)3)29-15-14-28-6/h8-13,16-17H,7,14-15H2,1-6H3. The smallest absolute Gasteiger partial charge is 0.144 e. The lowest BCUT2D eigenvalue weighted by Crippen LogP contribution is -2.17. The van der Waals surface area contributed by atoms with Gasteiger partial charge in [0.05, 0.1) is 12.3 Å². The van der Waals surface area contributed by atoms with Gasteiger partial charge in [0.15, 0.2) is 0 Å². The first-order chi connectivity index (χ1) is 13.9. The minimum atomic E-state index is 0.0799. The molecule has 0 radical (unpaired) electrons. The predicted octanol–water partition coefficient (Wildman–Crippen LogP) is 5.87. The third-order valence-corrected chi connectivity index (χ3v) is 5.68. The number of methoxy groups -OCH3 is 1. The van der Waals surface area contributed by atoms with Crippen molar-refractivity contribution in [3.8, 4) is 22.8 Å². The van der Waals surface area contributed by atoms with Gasteiger partial charge in [0.1, 0.15) is 18.2 Å². The fraction of sp³-hybridized carbons (Fsp3) is 0.400. The van der Waals surface area contributed by atoms with Crippen LogP contribution < -0.4 is 4.74 Å². The maximum atomic E-state index is 5.82. The number of hydrogen-bond acceptors (Lipinski definition) is 3. The van der Waals surface area contributed by atoms with Crippen LogP contribution in [-0.4, -0.2) is 29.9 Å². The van der Waals surface area contributed by atoms with E-state index in [-0.39, 0.29) is 5.41 Å². The monoisotopic (exact) mass is 392 g/mol. The van der Waals surface area contributed by atoms with Crippen LogP contribution in [-0.2, 0) is 10.2 Å². The molecule has 0 spiro atoms. The van der Waals surface area contributed by atoms with E-state index < -0.39 is 0 Å². The molecule has 0 fully saturated rings. The molecule has 4 nitrogen and oxygen atoms in total. The largest absolute Gasteiger partial charge is 0.491 e. The number of benzene rings is 2. The van der Waals surface area contributed by atoms with Crippen LogP contribution in [0.4, 0.5) is 0 Å². The summed E-state index contributed by atoms with van der Waals surface area (Å²) in [6.07, 6.45) is 5.00. The minimum Gasteiger partial charge on any atom is -0.491 e. The van der Waals surface area contributed by atoms with Crippen molar-refractivity contribution in [2.45, 2.75) is 46.5 Å². The highest BCUT2D eigenvalue weighted by molar-refractivity contribution is 5.66. The van der Waals surface area contributed by atoms with Crippen LogP contribution >= 0.6 is 0 Å². The minimum absolute atomic E-state index is 0.0799. The third-order valence-electron chi connectivity index (χ3n) is 5.68. The summed E-state index contributed by atoms with van der Waals surface area (Å²) >= 11 is 0. The Bertz CT molecular complexity index is 949. The molecular weight excluding hydrogens is 360 g/mol. The average molecular weight is 393 g/mol. The van der Waals surface area contributed by atoms with E-state index in [9.17, 15) is 0 Å². The maximum Gasteiger partial charge on any atom is 0.144 e. The van der Waals surface area contributed by atoms with Crippen molar-refractivity contribution in [2.75, 3.05) is 20.3 Å². The van der Waals surface area contributed by atoms with E-state index in [0.29, 0.717) is 13.2 Å². The Morgan fingerprint density at radius 3 is 2.38 bits per heavy atom. The quantitative estimate of drug-likeness (QED) is 0.450. The Balaban J connectivity index is 2.07. The molecule has 0 bridgehead atoms. The Hall–Kier alpha value is -2.59. The van der Waals surface area contributed by atoms with Gasteiger partial charge in [-0.2, -0.15) is 0 Å². The summed E-state index contributed by atoms with van der Waals surface area (Å²) in [5.41, 5.74) is 6.05. The number of nitrogens with zero attached hydrogens (tertiary/aromatic N) is 2. The van der Waals surface area contributed by atoms with Gasteiger partial charge in [-0.25, -0.2) is 4.98 Å². The van der Waals surface area contributed by atoms with Gasteiger partial charge in [-0.05, 0) is 54.5 Å². The molecule has 154 valence electrons. The van der Waals surface area contributed by atoms with E-state index in [1.807, 2.05) is 12.4 Å². The highest BCUT2D eigenvalue weighted by atomic mass is 16.5. The molecule has 0 amide bonds. The zero-order valence-electron chi connectivity index (χ0n) is 18.5. The second-order valence-corrected chi connectivity index (χ2v) is 8.15. The van der Waals surface area contributed by atoms with Crippen molar-refractivity contribution in [3.63, 3.8) is 0 Å². The lowest BCUT2D eigenvalue weighted by atomic mass is 9.79. The number of ether oxygens (including phenoxy) is 2. The lowest BCUT2D eigenvalue weighted by Gasteiger charge is -2.26. The van der Waals surface area contributed by atoms with Crippen molar-refractivity contribution < 1.29 is 9.47 Å². The molecule has 0 saturated carbocycles. The van der Waals surface area contributed by atoms with Gasteiger partial charge in [0.25, 0.3) is 0 Å². The molecule has 0 unspecified atom stereocenters. The summed E-state index contributed by atoms with van der Waals surface area (Å²) in [4.78, 5) is 4.75. The fourth-order valence-electron chi connectivity index (χ4n) is 3.76. The molecule has 1 heterocycles. The first-order valence-electron chi connectivity index (χ1n) is 10.3. The van der Waals surface area contributed by atoms with Gasteiger partial charge >= 0.3 is 0 Å². The number of aromatic nitrogens is 2. The fourth-order valence-corrected chi connectivity index (χ4v) is 3.76. The van der Waals surface area contributed by atoms with Crippen LogP contribution in [0, 0.1) is 13.8 Å². The van der Waals surface area contributed by atoms with E-state index in [0.717, 1.165) is 34.8 Å². The summed E-state index contributed by atoms with van der Waals surface area (Å²) < 4.78 is 13.1. The summed E-state index contributed by atoms with van der Waals surface area (Å²) in [5.74, 6) is 1.84. The molecule has 3 aromatic rings. The molecule has 4 heteroatoms. The molecule has 2 aromatic carbocycles. The van der Waals surface area contributed by atoms with Crippen LogP contribution in [0.1, 0.15) is 43.9 Å². The van der Waals surface area contributed by atoms with Crippen molar-refractivity contribution in [2.24, 2.45) is 0 Å². The van der Waals surface area contributed by atoms with Gasteiger partial charge < -0.3 is 9.47 Å². The molecule has 1 aromatic heterocycles. The Labute approximate surface area is 174 Å². The molecule has 0 aliphatic heterocycles. The van der Waals surface area contributed by atoms with E-state index >= 15 is 0 Å². The van der Waals surface area contributed by atoms with E-state index in [4.69, 9.17) is 14.5 Å². The molecule has 0 aliphatic rings. The molecular formula is C25H32N2O2. The van der Waals surface area contributed by atoms with Crippen molar-refractivity contribution in [3.05, 3.63) is 65.5 Å². The molecule has 0 N–H and O–H groups in total. The Morgan fingerprint density at radius 1 is 1.03 bits per heavy atom. The molecule has 3 rings (SSSR count). The van der Waals surface area contributed by atoms with E-state index in [2.05, 4.69) is 75.6 Å². The number of aryl methyl sites for hydroxylation is 2. The average Bonchev–Trinajstić information content (AvgIpc) is 3.17. The third kappa shape index (κ3) is 4.38.